The van der Waals surface area contributed by atoms with Crippen molar-refractivity contribution < 1.29 is 14.5 Å². The average molecular weight is 182 g/mol. The summed E-state index contributed by atoms with van der Waals surface area (Å²) in [7, 11) is 1.16. The smallest absolute Gasteiger partial charge is 0.345 e. The Morgan fingerprint density at radius 2 is 2.38 bits per heavy atom. The zero-order chi connectivity index (χ0) is 9.84. The minimum Gasteiger partial charge on any atom is -0.465 e. The molecule has 68 valence electrons. The van der Waals surface area contributed by atoms with Crippen LogP contribution in [-0.2, 0) is 4.74 Å². The van der Waals surface area contributed by atoms with E-state index in [0.29, 0.717) is 0 Å². The van der Waals surface area contributed by atoms with Crippen molar-refractivity contribution in [2.45, 2.75) is 0 Å². The third-order valence-electron chi connectivity index (χ3n) is 1.40. The predicted molar refractivity (Wildman–Crippen MR) is 42.2 cm³/mol. The highest BCUT2D eigenvalue weighted by atomic mass is 16.6. The van der Waals surface area contributed by atoms with E-state index in [1.807, 2.05) is 0 Å². The van der Waals surface area contributed by atoms with Crippen LogP contribution in [0.5, 0.6) is 0 Å². The molecule has 0 aliphatic rings. The number of methoxy groups -OCH3 is 1. The van der Waals surface area contributed by atoms with Crippen molar-refractivity contribution in [3.63, 3.8) is 0 Å². The van der Waals surface area contributed by atoms with Crippen LogP contribution in [0.3, 0.4) is 0 Å². The number of esters is 1. The van der Waals surface area contributed by atoms with E-state index in [0.717, 1.165) is 13.3 Å². The summed E-state index contributed by atoms with van der Waals surface area (Å²) in [6, 6.07) is 1.24. The van der Waals surface area contributed by atoms with Crippen molar-refractivity contribution in [1.82, 2.24) is 4.98 Å². The van der Waals surface area contributed by atoms with Gasteiger partial charge < -0.3 is 4.74 Å². The second-order valence-corrected chi connectivity index (χ2v) is 2.14. The normalized spacial score (nSPS) is 9.31. The fraction of sp³-hybridized carbons (Fsp3) is 0.143. The Balaban J connectivity index is 3.19. The van der Waals surface area contributed by atoms with Crippen molar-refractivity contribution in [2.24, 2.45) is 0 Å². The van der Waals surface area contributed by atoms with Crippen molar-refractivity contribution in [1.29, 1.82) is 0 Å². The maximum atomic E-state index is 11.0. The summed E-state index contributed by atoms with van der Waals surface area (Å²) in [5.41, 5.74) is -0.447. The molecule has 0 radical (unpaired) electrons. The van der Waals surface area contributed by atoms with E-state index < -0.39 is 10.9 Å². The molecular formula is C7H6N2O4. The number of carbonyl (C=O) groups excluding carboxylic acids is 1. The molecule has 0 aromatic carbocycles. The number of hydrogen-bond donors (Lipinski definition) is 0. The van der Waals surface area contributed by atoms with Gasteiger partial charge in [0.25, 0.3) is 0 Å². The van der Waals surface area contributed by atoms with Gasteiger partial charge in [0.05, 0.1) is 12.0 Å². The minimum absolute atomic E-state index is 0.0949. The quantitative estimate of drug-likeness (QED) is 0.383. The molecule has 0 spiro atoms. The highest BCUT2D eigenvalue weighted by Gasteiger charge is 2.19. The predicted octanol–water partition coefficient (Wildman–Crippen LogP) is 0.776. The number of hydrogen-bond acceptors (Lipinski definition) is 5. The van der Waals surface area contributed by atoms with Gasteiger partial charge in [0, 0.05) is 6.20 Å². The summed E-state index contributed by atoms with van der Waals surface area (Å²) in [4.78, 5) is 24.2. The lowest BCUT2D eigenvalue weighted by molar-refractivity contribution is -0.385. The number of ether oxygens (including phenoxy) is 1. The Kier molecular flexibility index (Phi) is 2.53. The zero-order valence-corrected chi connectivity index (χ0v) is 6.76. The standard InChI is InChI=1S/C7H6N2O4/c1-13-7(10)5-2-3-8-4-6(5)9(11)12/h2-4H,1H3. The highest BCUT2D eigenvalue weighted by Crippen LogP contribution is 2.16. The molecule has 0 unspecified atom stereocenters. The first-order valence-corrected chi connectivity index (χ1v) is 3.33. The molecule has 0 aliphatic heterocycles. The Morgan fingerprint density at radius 3 is 2.92 bits per heavy atom. The molecule has 1 rings (SSSR count). The summed E-state index contributed by atoms with van der Waals surface area (Å²) in [5, 5.41) is 10.4. The summed E-state index contributed by atoms with van der Waals surface area (Å²) in [5.74, 6) is -0.742. The molecule has 0 bridgehead atoms. The Morgan fingerprint density at radius 1 is 1.69 bits per heavy atom. The summed E-state index contributed by atoms with van der Waals surface area (Å²) in [6.07, 6.45) is 2.30. The van der Waals surface area contributed by atoms with Crippen molar-refractivity contribution in [3.05, 3.63) is 34.1 Å². The molecular weight excluding hydrogens is 176 g/mol. The molecule has 1 aromatic rings. The van der Waals surface area contributed by atoms with E-state index in [9.17, 15) is 14.9 Å². The van der Waals surface area contributed by atoms with Crippen LogP contribution < -0.4 is 0 Å². The van der Waals surface area contributed by atoms with Gasteiger partial charge in [0.15, 0.2) is 0 Å². The number of rotatable bonds is 2. The molecule has 0 saturated heterocycles. The maximum Gasteiger partial charge on any atom is 0.345 e. The summed E-state index contributed by atoms with van der Waals surface area (Å²) in [6.45, 7) is 0. The van der Waals surface area contributed by atoms with Gasteiger partial charge in [-0.05, 0) is 6.07 Å². The molecule has 0 N–H and O–H groups in total. The highest BCUT2D eigenvalue weighted by molar-refractivity contribution is 5.93. The van der Waals surface area contributed by atoms with Crippen molar-refractivity contribution >= 4 is 11.7 Å². The second-order valence-electron chi connectivity index (χ2n) is 2.14. The van der Waals surface area contributed by atoms with Crippen LogP contribution in [0, 0.1) is 10.1 Å². The first kappa shape index (κ1) is 9.11. The Labute approximate surface area is 73.3 Å². The number of nitrogens with zero attached hydrogens (tertiary/aromatic N) is 2. The molecule has 13 heavy (non-hydrogen) atoms. The number of carbonyl (C=O) groups is 1. The minimum atomic E-state index is -0.742. The topological polar surface area (TPSA) is 82.3 Å². The van der Waals surface area contributed by atoms with Gasteiger partial charge in [-0.2, -0.15) is 0 Å². The molecule has 0 amide bonds. The van der Waals surface area contributed by atoms with Gasteiger partial charge in [0.1, 0.15) is 11.8 Å². The van der Waals surface area contributed by atoms with Gasteiger partial charge in [-0.15, -0.1) is 0 Å². The largest absolute Gasteiger partial charge is 0.465 e. The van der Waals surface area contributed by atoms with Gasteiger partial charge >= 0.3 is 11.7 Å². The number of aromatic nitrogens is 1. The van der Waals surface area contributed by atoms with Crippen LogP contribution in [-0.4, -0.2) is 23.0 Å². The molecule has 6 heteroatoms. The van der Waals surface area contributed by atoms with Crippen LogP contribution in [0.2, 0.25) is 0 Å². The maximum absolute atomic E-state index is 11.0. The van der Waals surface area contributed by atoms with E-state index in [1.54, 1.807) is 0 Å². The van der Waals surface area contributed by atoms with Crippen LogP contribution in [0.1, 0.15) is 10.4 Å². The van der Waals surface area contributed by atoms with Gasteiger partial charge in [-0.3, -0.25) is 15.1 Å². The Hall–Kier alpha value is -1.98. The lowest BCUT2D eigenvalue weighted by atomic mass is 10.2. The first-order valence-electron chi connectivity index (χ1n) is 3.33. The molecule has 0 aliphatic carbocycles. The van der Waals surface area contributed by atoms with E-state index in [-0.39, 0.29) is 11.3 Å². The summed E-state index contributed by atoms with van der Waals surface area (Å²) < 4.78 is 4.36. The fourth-order valence-electron chi connectivity index (χ4n) is 0.814. The van der Waals surface area contributed by atoms with E-state index in [1.165, 1.54) is 12.3 Å². The lowest BCUT2D eigenvalue weighted by Gasteiger charge is -1.98. The van der Waals surface area contributed by atoms with Gasteiger partial charge in [0.2, 0.25) is 0 Å². The first-order chi connectivity index (χ1) is 6.16. The zero-order valence-electron chi connectivity index (χ0n) is 6.76. The number of nitro groups is 1. The van der Waals surface area contributed by atoms with Crippen molar-refractivity contribution in [2.75, 3.05) is 7.11 Å². The third kappa shape index (κ3) is 1.78. The Bertz CT molecular complexity index is 350. The number of pyridine rings is 1. The molecule has 0 fully saturated rings. The van der Waals surface area contributed by atoms with Crippen LogP contribution in [0.15, 0.2) is 18.5 Å². The fourth-order valence-corrected chi connectivity index (χ4v) is 0.814. The second kappa shape index (κ2) is 3.61. The van der Waals surface area contributed by atoms with E-state index in [2.05, 4.69) is 9.72 Å². The molecule has 6 nitrogen and oxygen atoms in total. The van der Waals surface area contributed by atoms with E-state index in [4.69, 9.17) is 0 Å². The average Bonchev–Trinajstić information content (AvgIpc) is 2.16. The van der Waals surface area contributed by atoms with Crippen molar-refractivity contribution in [3.8, 4) is 0 Å². The van der Waals surface area contributed by atoms with Crippen LogP contribution in [0.25, 0.3) is 0 Å². The van der Waals surface area contributed by atoms with E-state index >= 15 is 0 Å². The van der Waals surface area contributed by atoms with Gasteiger partial charge in [-0.1, -0.05) is 0 Å². The van der Waals surface area contributed by atoms with Crippen LogP contribution >= 0.6 is 0 Å². The van der Waals surface area contributed by atoms with Gasteiger partial charge in [-0.25, -0.2) is 4.79 Å². The third-order valence-corrected chi connectivity index (χ3v) is 1.40. The molecule has 0 atom stereocenters. The SMILES string of the molecule is COC(=O)c1ccncc1[N+](=O)[O-]. The van der Waals surface area contributed by atoms with Crippen LogP contribution in [0.4, 0.5) is 5.69 Å². The summed E-state index contributed by atoms with van der Waals surface area (Å²) >= 11 is 0. The lowest BCUT2D eigenvalue weighted by Crippen LogP contribution is -2.05. The molecule has 0 saturated carbocycles. The molecule has 1 heterocycles. The monoisotopic (exact) mass is 182 g/mol. The molecule has 1 aromatic heterocycles.